The Morgan fingerprint density at radius 3 is 2.27 bits per heavy atom. The molecular formula is C24H25FN2O3. The van der Waals surface area contributed by atoms with Crippen LogP contribution >= 0.6 is 0 Å². The zero-order valence-electron chi connectivity index (χ0n) is 17.3. The topological polar surface area (TPSA) is 73.6 Å². The lowest BCUT2D eigenvalue weighted by Gasteiger charge is -2.13. The van der Waals surface area contributed by atoms with Crippen molar-refractivity contribution in [2.45, 2.75) is 20.0 Å². The van der Waals surface area contributed by atoms with Gasteiger partial charge >= 0.3 is 0 Å². The number of benzene rings is 3. The zero-order valence-corrected chi connectivity index (χ0v) is 17.3. The first-order chi connectivity index (χ1) is 14.4. The molecule has 156 valence electrons. The third kappa shape index (κ3) is 4.96. The molecule has 0 radical (unpaired) electrons. The van der Waals surface area contributed by atoms with E-state index in [1.165, 1.54) is 12.1 Å². The second kappa shape index (κ2) is 9.41. The van der Waals surface area contributed by atoms with E-state index in [1.807, 2.05) is 25.1 Å². The maximum atomic E-state index is 13.5. The minimum atomic E-state index is -0.294. The molecule has 0 aliphatic heterocycles. The summed E-state index contributed by atoms with van der Waals surface area (Å²) in [5, 5.41) is 2.92. The molecule has 0 saturated carbocycles. The summed E-state index contributed by atoms with van der Waals surface area (Å²) in [4.78, 5) is 12.8. The van der Waals surface area contributed by atoms with Crippen LogP contribution in [0, 0.1) is 12.7 Å². The molecule has 6 heteroatoms. The number of carbonyl (C=O) groups excluding carboxylic acids is 1. The number of amides is 1. The second-order valence-electron chi connectivity index (χ2n) is 6.99. The maximum absolute atomic E-state index is 13.5. The number of hydrogen-bond acceptors (Lipinski definition) is 4. The van der Waals surface area contributed by atoms with Crippen molar-refractivity contribution in [2.24, 2.45) is 5.73 Å². The summed E-state index contributed by atoms with van der Waals surface area (Å²) in [5.41, 5.74) is 10.5. The van der Waals surface area contributed by atoms with Gasteiger partial charge in [-0.2, -0.15) is 0 Å². The van der Waals surface area contributed by atoms with Crippen molar-refractivity contribution in [3.8, 4) is 22.6 Å². The maximum Gasteiger partial charge on any atom is 0.251 e. The predicted molar refractivity (Wildman–Crippen MR) is 115 cm³/mol. The van der Waals surface area contributed by atoms with Crippen molar-refractivity contribution in [3.05, 3.63) is 82.7 Å². The molecule has 3 aromatic carbocycles. The predicted octanol–water partition coefficient (Wildman–Crippen LogP) is 4.21. The summed E-state index contributed by atoms with van der Waals surface area (Å²) < 4.78 is 24.0. The van der Waals surface area contributed by atoms with Crippen molar-refractivity contribution in [1.29, 1.82) is 0 Å². The number of hydrogen-bond donors (Lipinski definition) is 2. The summed E-state index contributed by atoms with van der Waals surface area (Å²) >= 11 is 0. The van der Waals surface area contributed by atoms with Gasteiger partial charge in [0.15, 0.2) is 0 Å². The Kier molecular flexibility index (Phi) is 6.69. The Balaban J connectivity index is 1.85. The largest absolute Gasteiger partial charge is 0.497 e. The van der Waals surface area contributed by atoms with Crippen LogP contribution in [0.2, 0.25) is 0 Å². The van der Waals surface area contributed by atoms with E-state index in [0.29, 0.717) is 30.2 Å². The Morgan fingerprint density at radius 1 is 0.967 bits per heavy atom. The fourth-order valence-electron chi connectivity index (χ4n) is 3.30. The van der Waals surface area contributed by atoms with Crippen LogP contribution in [-0.2, 0) is 13.1 Å². The van der Waals surface area contributed by atoms with Gasteiger partial charge in [-0.3, -0.25) is 4.79 Å². The average Bonchev–Trinajstić information content (AvgIpc) is 2.76. The van der Waals surface area contributed by atoms with E-state index >= 15 is 0 Å². The zero-order chi connectivity index (χ0) is 21.7. The molecule has 0 spiro atoms. The minimum absolute atomic E-state index is 0.229. The van der Waals surface area contributed by atoms with E-state index in [9.17, 15) is 9.18 Å². The lowest BCUT2D eigenvalue weighted by Crippen LogP contribution is -2.23. The lowest BCUT2D eigenvalue weighted by atomic mass is 9.96. The third-order valence-corrected chi connectivity index (χ3v) is 4.85. The normalized spacial score (nSPS) is 10.6. The smallest absolute Gasteiger partial charge is 0.251 e. The number of halogens is 1. The van der Waals surface area contributed by atoms with Crippen LogP contribution in [0.15, 0.2) is 54.6 Å². The number of rotatable bonds is 7. The third-order valence-electron chi connectivity index (χ3n) is 4.85. The summed E-state index contributed by atoms with van der Waals surface area (Å²) in [6.07, 6.45) is 0. The van der Waals surface area contributed by atoms with Crippen molar-refractivity contribution in [3.63, 3.8) is 0 Å². The van der Waals surface area contributed by atoms with Crippen LogP contribution < -0.4 is 20.5 Å². The summed E-state index contributed by atoms with van der Waals surface area (Å²) in [6.45, 7) is 2.44. The highest BCUT2D eigenvalue weighted by atomic mass is 19.1. The SMILES string of the molecule is COc1cc(CNC(=O)c2cc(CN)cc(-c3ccc(F)cc3C)c2)cc(OC)c1. The molecule has 3 N–H and O–H groups in total. The van der Waals surface area contributed by atoms with Gasteiger partial charge in [-0.1, -0.05) is 6.07 Å². The van der Waals surface area contributed by atoms with Crippen molar-refractivity contribution in [2.75, 3.05) is 14.2 Å². The minimum Gasteiger partial charge on any atom is -0.497 e. The average molecular weight is 408 g/mol. The van der Waals surface area contributed by atoms with E-state index < -0.39 is 0 Å². The number of nitrogens with two attached hydrogens (primary N) is 1. The standard InChI is InChI=1S/C24H25FN2O3/c1-15-6-20(25)4-5-23(15)18-7-16(13-26)8-19(11-18)24(28)27-14-17-9-21(29-2)12-22(10-17)30-3/h4-12H,13-14,26H2,1-3H3,(H,27,28). The molecule has 0 heterocycles. The molecule has 0 aliphatic rings. The first-order valence-corrected chi connectivity index (χ1v) is 9.54. The molecule has 0 bridgehead atoms. The molecule has 0 saturated heterocycles. The molecule has 0 aliphatic carbocycles. The molecule has 0 unspecified atom stereocenters. The molecule has 1 amide bonds. The van der Waals surface area contributed by atoms with Crippen molar-refractivity contribution in [1.82, 2.24) is 5.32 Å². The lowest BCUT2D eigenvalue weighted by molar-refractivity contribution is 0.0950. The van der Waals surface area contributed by atoms with Gasteiger partial charge in [-0.15, -0.1) is 0 Å². The highest BCUT2D eigenvalue weighted by Gasteiger charge is 2.12. The number of ether oxygens (including phenoxy) is 2. The first kappa shape index (κ1) is 21.3. The fraction of sp³-hybridized carbons (Fsp3) is 0.208. The van der Waals surface area contributed by atoms with Crippen LogP contribution in [-0.4, -0.2) is 20.1 Å². The van der Waals surface area contributed by atoms with Crippen LogP contribution in [0.5, 0.6) is 11.5 Å². The van der Waals surface area contributed by atoms with Gasteiger partial charge in [0, 0.05) is 24.7 Å². The Hall–Kier alpha value is -3.38. The molecule has 0 atom stereocenters. The van der Waals surface area contributed by atoms with Gasteiger partial charge in [-0.25, -0.2) is 4.39 Å². The molecule has 0 fully saturated rings. The van der Waals surface area contributed by atoms with E-state index in [2.05, 4.69) is 5.32 Å². The molecule has 0 aromatic heterocycles. The molecule has 3 aromatic rings. The Labute approximate surface area is 175 Å². The highest BCUT2D eigenvalue weighted by Crippen LogP contribution is 2.27. The van der Waals surface area contributed by atoms with Gasteiger partial charge in [0.05, 0.1) is 14.2 Å². The molecule has 5 nitrogen and oxygen atoms in total. The summed E-state index contributed by atoms with van der Waals surface area (Å²) in [5.74, 6) is 0.779. The quantitative estimate of drug-likeness (QED) is 0.614. The Bertz CT molecular complexity index is 1040. The molecule has 30 heavy (non-hydrogen) atoms. The number of methoxy groups -OCH3 is 2. The number of nitrogens with one attached hydrogen (secondary N) is 1. The van der Waals surface area contributed by atoms with Gasteiger partial charge in [-0.05, 0) is 77.2 Å². The van der Waals surface area contributed by atoms with Gasteiger partial charge in [0.2, 0.25) is 0 Å². The van der Waals surface area contributed by atoms with Gasteiger partial charge < -0.3 is 20.5 Å². The van der Waals surface area contributed by atoms with E-state index in [0.717, 1.165) is 27.8 Å². The Morgan fingerprint density at radius 2 is 1.67 bits per heavy atom. The highest BCUT2D eigenvalue weighted by molar-refractivity contribution is 5.95. The second-order valence-corrected chi connectivity index (χ2v) is 6.99. The van der Waals surface area contributed by atoms with E-state index in [1.54, 1.807) is 38.5 Å². The van der Waals surface area contributed by atoms with Crippen LogP contribution in [0.1, 0.15) is 27.0 Å². The van der Waals surface area contributed by atoms with Crippen LogP contribution in [0.4, 0.5) is 4.39 Å². The monoisotopic (exact) mass is 408 g/mol. The first-order valence-electron chi connectivity index (χ1n) is 9.54. The molecular weight excluding hydrogens is 383 g/mol. The van der Waals surface area contributed by atoms with Gasteiger partial charge in [0.25, 0.3) is 5.91 Å². The summed E-state index contributed by atoms with van der Waals surface area (Å²) in [7, 11) is 3.16. The van der Waals surface area contributed by atoms with Gasteiger partial charge in [0.1, 0.15) is 17.3 Å². The number of aryl methyl sites for hydroxylation is 1. The summed E-state index contributed by atoms with van der Waals surface area (Å²) in [6, 6.07) is 15.5. The van der Waals surface area contributed by atoms with E-state index in [-0.39, 0.29) is 11.7 Å². The van der Waals surface area contributed by atoms with Crippen molar-refractivity contribution >= 4 is 5.91 Å². The van der Waals surface area contributed by atoms with Crippen LogP contribution in [0.3, 0.4) is 0 Å². The fourth-order valence-corrected chi connectivity index (χ4v) is 3.30. The number of carbonyl (C=O) groups is 1. The van der Waals surface area contributed by atoms with E-state index in [4.69, 9.17) is 15.2 Å². The van der Waals surface area contributed by atoms with Crippen LogP contribution in [0.25, 0.3) is 11.1 Å². The molecule has 3 rings (SSSR count). The van der Waals surface area contributed by atoms with Crippen molar-refractivity contribution < 1.29 is 18.7 Å².